The number of anilines is 1. The number of rotatable bonds is 6. The molecule has 1 aliphatic rings. The van der Waals surface area contributed by atoms with Crippen molar-refractivity contribution in [3.63, 3.8) is 0 Å². The molecule has 0 unspecified atom stereocenters. The molecular formula is C33H31N3O5S2. The summed E-state index contributed by atoms with van der Waals surface area (Å²) in [4.78, 5) is 41.6. The first-order valence-corrected chi connectivity index (χ1v) is 14.8. The second-order valence-corrected chi connectivity index (χ2v) is 12.7. The lowest BCUT2D eigenvalue weighted by Gasteiger charge is -2.19. The molecule has 1 aliphatic heterocycles. The van der Waals surface area contributed by atoms with Crippen molar-refractivity contribution in [2.75, 3.05) is 12.0 Å². The summed E-state index contributed by atoms with van der Waals surface area (Å²) >= 11 is 6.67. The molecule has 1 saturated heterocycles. The van der Waals surface area contributed by atoms with Crippen molar-refractivity contribution in [2.45, 2.75) is 33.1 Å². The van der Waals surface area contributed by atoms with Crippen molar-refractivity contribution in [3.8, 4) is 17.2 Å². The molecular weight excluding hydrogens is 583 g/mol. The van der Waals surface area contributed by atoms with E-state index in [2.05, 4.69) is 20.8 Å². The molecule has 1 aromatic heterocycles. The number of benzene rings is 3. The summed E-state index contributed by atoms with van der Waals surface area (Å²) in [5.74, 6) is -0.326. The fourth-order valence-electron chi connectivity index (χ4n) is 4.75. The molecule has 0 atom stereocenters. The van der Waals surface area contributed by atoms with E-state index in [1.54, 1.807) is 55.1 Å². The summed E-state index contributed by atoms with van der Waals surface area (Å²) in [6.07, 6.45) is 1.67. The van der Waals surface area contributed by atoms with Crippen LogP contribution in [0.2, 0.25) is 0 Å². The highest BCUT2D eigenvalue weighted by molar-refractivity contribution is 8.27. The number of esters is 1. The van der Waals surface area contributed by atoms with Crippen LogP contribution in [0.4, 0.5) is 5.69 Å². The maximum atomic E-state index is 13.6. The summed E-state index contributed by atoms with van der Waals surface area (Å²) in [5.41, 5.74) is 3.30. The minimum Gasteiger partial charge on any atom is -0.493 e. The summed E-state index contributed by atoms with van der Waals surface area (Å²) < 4.78 is 14.6. The first-order chi connectivity index (χ1) is 20.4. The zero-order chi connectivity index (χ0) is 31.1. The normalized spacial score (nSPS) is 14.5. The number of nitrogens with zero attached hydrogens (tertiary/aromatic N) is 3. The van der Waals surface area contributed by atoms with E-state index in [9.17, 15) is 14.4 Å². The summed E-state index contributed by atoms with van der Waals surface area (Å²) in [6, 6.07) is 21.5. The Kier molecular flexibility index (Phi) is 8.18. The minimum atomic E-state index is -0.508. The molecule has 0 aliphatic carbocycles. The maximum absolute atomic E-state index is 13.6. The maximum Gasteiger partial charge on any atom is 0.343 e. The SMILES string of the molecule is COc1cc(C=C2SC(=S)N(c3c(C)n(C)n(-c4ccccc4)c3=O)C2=O)ccc1OC(=O)c1ccc(C(C)(C)C)cc1. The average Bonchev–Trinajstić information content (AvgIpc) is 3.37. The van der Waals surface area contributed by atoms with E-state index >= 15 is 0 Å². The Morgan fingerprint density at radius 3 is 2.26 bits per heavy atom. The van der Waals surface area contributed by atoms with Gasteiger partial charge in [-0.25, -0.2) is 9.48 Å². The van der Waals surface area contributed by atoms with E-state index in [1.807, 2.05) is 42.5 Å². The minimum absolute atomic E-state index is 0.0307. The van der Waals surface area contributed by atoms with Crippen LogP contribution in [0.3, 0.4) is 0 Å². The number of carbonyl (C=O) groups excluding carboxylic acids is 2. The lowest BCUT2D eigenvalue weighted by Crippen LogP contribution is -2.33. The zero-order valence-corrected chi connectivity index (χ0v) is 26.3. The van der Waals surface area contributed by atoms with Gasteiger partial charge in [0, 0.05) is 7.05 Å². The van der Waals surface area contributed by atoms with Gasteiger partial charge in [-0.15, -0.1) is 0 Å². The number of hydrogen-bond acceptors (Lipinski definition) is 7. The van der Waals surface area contributed by atoms with Crippen LogP contribution in [-0.2, 0) is 17.3 Å². The molecule has 10 heteroatoms. The standard InChI is InChI=1S/C33H31N3O5S2/c1-20-28(30(38)36(34(20)5)24-10-8-7-9-11-24)35-29(37)27(43-32(35)42)19-21-12-17-25(26(18-21)40-6)41-31(39)22-13-15-23(16-14-22)33(2,3)4/h7-19H,1-6H3. The van der Waals surface area contributed by atoms with Gasteiger partial charge in [0.15, 0.2) is 15.8 Å². The van der Waals surface area contributed by atoms with Crippen LogP contribution in [0.25, 0.3) is 11.8 Å². The molecule has 43 heavy (non-hydrogen) atoms. The first kappa shape index (κ1) is 30.1. The molecule has 8 nitrogen and oxygen atoms in total. The van der Waals surface area contributed by atoms with Crippen LogP contribution in [0, 0.1) is 6.92 Å². The number of thiocarbonyl (C=S) groups is 1. The molecule has 0 saturated carbocycles. The monoisotopic (exact) mass is 613 g/mol. The van der Waals surface area contributed by atoms with E-state index in [0.717, 1.165) is 17.3 Å². The number of thioether (sulfide) groups is 1. The fourth-order valence-corrected chi connectivity index (χ4v) is 6.02. The number of aromatic nitrogens is 2. The molecule has 3 aromatic carbocycles. The molecule has 1 amide bonds. The van der Waals surface area contributed by atoms with Gasteiger partial charge in [0.05, 0.1) is 29.0 Å². The van der Waals surface area contributed by atoms with Crippen molar-refractivity contribution >= 4 is 51.9 Å². The lowest BCUT2D eigenvalue weighted by atomic mass is 9.87. The smallest absolute Gasteiger partial charge is 0.343 e. The number of carbonyl (C=O) groups is 2. The van der Waals surface area contributed by atoms with E-state index < -0.39 is 11.9 Å². The van der Waals surface area contributed by atoms with Gasteiger partial charge in [-0.05, 0) is 65.9 Å². The van der Waals surface area contributed by atoms with Crippen LogP contribution >= 0.6 is 24.0 Å². The molecule has 0 N–H and O–H groups in total. The van der Waals surface area contributed by atoms with Gasteiger partial charge in [-0.1, -0.05) is 81.1 Å². The van der Waals surface area contributed by atoms with Crippen LogP contribution < -0.4 is 19.9 Å². The van der Waals surface area contributed by atoms with Crippen LogP contribution in [0.1, 0.15) is 48.0 Å². The predicted molar refractivity (Wildman–Crippen MR) is 174 cm³/mol. The second kappa shape index (κ2) is 11.7. The quantitative estimate of drug-likeness (QED) is 0.108. The summed E-state index contributed by atoms with van der Waals surface area (Å²) in [5, 5.41) is 0. The van der Waals surface area contributed by atoms with Crippen LogP contribution in [-0.4, -0.2) is 32.7 Å². The highest BCUT2D eigenvalue weighted by Gasteiger charge is 2.37. The van der Waals surface area contributed by atoms with Gasteiger partial charge in [-0.2, -0.15) is 0 Å². The summed E-state index contributed by atoms with van der Waals surface area (Å²) in [6.45, 7) is 8.10. The van der Waals surface area contributed by atoms with Gasteiger partial charge >= 0.3 is 5.97 Å². The van der Waals surface area contributed by atoms with E-state index in [1.165, 1.54) is 16.7 Å². The van der Waals surface area contributed by atoms with E-state index in [0.29, 0.717) is 33.2 Å². The molecule has 0 spiro atoms. The molecule has 2 heterocycles. The third-order valence-electron chi connectivity index (χ3n) is 7.22. The molecule has 1 fully saturated rings. The van der Waals surface area contributed by atoms with Gasteiger partial charge < -0.3 is 9.47 Å². The number of amides is 1. The molecule has 220 valence electrons. The van der Waals surface area contributed by atoms with Gasteiger partial charge in [-0.3, -0.25) is 19.2 Å². The third kappa shape index (κ3) is 5.80. The number of ether oxygens (including phenoxy) is 2. The fraction of sp³-hybridized carbons (Fsp3) is 0.212. The second-order valence-electron chi connectivity index (χ2n) is 11.1. The predicted octanol–water partition coefficient (Wildman–Crippen LogP) is 6.42. The Morgan fingerprint density at radius 2 is 1.63 bits per heavy atom. The Morgan fingerprint density at radius 1 is 0.953 bits per heavy atom. The van der Waals surface area contributed by atoms with Crippen LogP contribution in [0.5, 0.6) is 11.5 Å². The first-order valence-electron chi connectivity index (χ1n) is 13.5. The zero-order valence-electron chi connectivity index (χ0n) is 24.7. The number of para-hydroxylation sites is 1. The molecule has 5 rings (SSSR count). The van der Waals surface area contributed by atoms with Gasteiger partial charge in [0.2, 0.25) is 0 Å². The van der Waals surface area contributed by atoms with E-state index in [4.69, 9.17) is 21.7 Å². The Labute approximate surface area is 259 Å². The topological polar surface area (TPSA) is 82.8 Å². The van der Waals surface area contributed by atoms with E-state index in [-0.39, 0.29) is 26.7 Å². The number of hydrogen-bond donors (Lipinski definition) is 0. The highest BCUT2D eigenvalue weighted by atomic mass is 32.2. The number of methoxy groups -OCH3 is 1. The van der Waals surface area contributed by atoms with Gasteiger partial charge in [0.25, 0.3) is 11.5 Å². The third-order valence-corrected chi connectivity index (χ3v) is 8.52. The van der Waals surface area contributed by atoms with Crippen molar-refractivity contribution in [1.29, 1.82) is 0 Å². The summed E-state index contributed by atoms with van der Waals surface area (Å²) in [7, 11) is 3.24. The largest absolute Gasteiger partial charge is 0.493 e. The lowest BCUT2D eigenvalue weighted by molar-refractivity contribution is -0.113. The highest BCUT2D eigenvalue weighted by Crippen LogP contribution is 2.38. The Bertz CT molecular complexity index is 1830. The average molecular weight is 614 g/mol. The van der Waals surface area contributed by atoms with Crippen molar-refractivity contribution in [1.82, 2.24) is 9.36 Å². The van der Waals surface area contributed by atoms with Gasteiger partial charge in [0.1, 0.15) is 5.69 Å². The Hall–Kier alpha value is -4.41. The van der Waals surface area contributed by atoms with Crippen molar-refractivity contribution < 1.29 is 19.1 Å². The molecule has 0 radical (unpaired) electrons. The van der Waals surface area contributed by atoms with Crippen molar-refractivity contribution in [3.05, 3.63) is 110 Å². The molecule has 0 bridgehead atoms. The van der Waals surface area contributed by atoms with Crippen LogP contribution in [0.15, 0.2) is 82.5 Å². The Balaban J connectivity index is 1.39. The molecule has 4 aromatic rings. The van der Waals surface area contributed by atoms with Crippen molar-refractivity contribution in [2.24, 2.45) is 7.05 Å².